The van der Waals surface area contributed by atoms with Crippen molar-refractivity contribution in [1.82, 2.24) is 0 Å². The van der Waals surface area contributed by atoms with Crippen LogP contribution >= 0.6 is 0 Å². The molecule has 1 aliphatic rings. The second kappa shape index (κ2) is 5.09. The lowest BCUT2D eigenvalue weighted by molar-refractivity contribution is -0.236. The molecule has 1 aliphatic heterocycles. The van der Waals surface area contributed by atoms with Gasteiger partial charge in [0.1, 0.15) is 18.3 Å². The minimum atomic E-state index is -1.60. The summed E-state index contributed by atoms with van der Waals surface area (Å²) in [4.78, 5) is 10.8. The number of rotatable bonds is 3. The van der Waals surface area contributed by atoms with Gasteiger partial charge in [-0.25, -0.2) is 4.79 Å². The maximum Gasteiger partial charge on any atom is 0.335 e. The Morgan fingerprint density at radius 2 is 1.81 bits per heavy atom. The van der Waals surface area contributed by atoms with Crippen molar-refractivity contribution in [2.45, 2.75) is 50.8 Å². The van der Waals surface area contributed by atoms with Crippen LogP contribution in [0.5, 0.6) is 0 Å². The van der Waals surface area contributed by atoms with Crippen LogP contribution in [0.4, 0.5) is 0 Å². The van der Waals surface area contributed by atoms with Gasteiger partial charge in [0.05, 0.1) is 6.10 Å². The number of aliphatic hydroxyl groups excluding tert-OH is 3. The summed E-state index contributed by atoms with van der Waals surface area (Å²) in [5, 5.41) is 37.5. The second-order valence-corrected chi connectivity index (χ2v) is 4.22. The van der Waals surface area contributed by atoms with Crippen molar-refractivity contribution in [3.63, 3.8) is 0 Å². The average Bonchev–Trinajstić information content (AvgIpc) is 2.25. The summed E-state index contributed by atoms with van der Waals surface area (Å²) in [6, 6.07) is 0. The van der Waals surface area contributed by atoms with E-state index in [0.29, 0.717) is 6.42 Å². The lowest BCUT2D eigenvalue weighted by Crippen LogP contribution is -2.61. The number of carboxylic acid groups (broad SMARTS) is 1. The Morgan fingerprint density at radius 3 is 2.25 bits per heavy atom. The van der Waals surface area contributed by atoms with Crippen molar-refractivity contribution in [2.24, 2.45) is 5.92 Å². The third-order valence-electron chi connectivity index (χ3n) is 3.10. The first kappa shape index (κ1) is 13.4. The molecule has 6 heteroatoms. The van der Waals surface area contributed by atoms with E-state index in [1.807, 2.05) is 6.92 Å². The van der Waals surface area contributed by atoms with Crippen LogP contribution in [-0.2, 0) is 9.53 Å². The molecule has 0 aromatic carbocycles. The van der Waals surface area contributed by atoms with E-state index in [0.717, 1.165) is 0 Å². The molecule has 16 heavy (non-hydrogen) atoms. The van der Waals surface area contributed by atoms with Gasteiger partial charge in [0.2, 0.25) is 0 Å². The number of carbonyl (C=O) groups is 1. The third-order valence-corrected chi connectivity index (χ3v) is 3.10. The summed E-state index contributed by atoms with van der Waals surface area (Å²) in [5.74, 6) is -1.44. The van der Waals surface area contributed by atoms with Crippen LogP contribution in [0.1, 0.15) is 20.3 Å². The van der Waals surface area contributed by atoms with Crippen molar-refractivity contribution in [3.8, 4) is 0 Å². The van der Waals surface area contributed by atoms with Crippen molar-refractivity contribution in [1.29, 1.82) is 0 Å². The first-order valence-electron chi connectivity index (χ1n) is 5.32. The molecule has 0 aromatic rings. The lowest BCUT2D eigenvalue weighted by Gasteiger charge is -2.41. The molecule has 1 rings (SSSR count). The zero-order valence-corrected chi connectivity index (χ0v) is 9.28. The zero-order valence-electron chi connectivity index (χ0n) is 9.28. The first-order valence-corrected chi connectivity index (χ1v) is 5.32. The molecule has 0 bridgehead atoms. The van der Waals surface area contributed by atoms with E-state index < -0.39 is 36.5 Å². The molecule has 0 aliphatic carbocycles. The molecule has 1 unspecified atom stereocenters. The SMILES string of the molecule is CCC(C)[C@@H]1O[C@H](C(=O)O)[C@@H](O)[C@H](O)[C@H]1O. The molecule has 1 fully saturated rings. The highest BCUT2D eigenvalue weighted by atomic mass is 16.6. The van der Waals surface area contributed by atoms with Crippen molar-refractivity contribution in [3.05, 3.63) is 0 Å². The van der Waals surface area contributed by atoms with E-state index in [-0.39, 0.29) is 5.92 Å². The highest BCUT2D eigenvalue weighted by Gasteiger charge is 2.47. The molecular weight excluding hydrogens is 216 g/mol. The van der Waals surface area contributed by atoms with E-state index in [2.05, 4.69) is 0 Å². The molecule has 4 N–H and O–H groups in total. The predicted molar refractivity (Wildman–Crippen MR) is 53.8 cm³/mol. The summed E-state index contributed by atoms with van der Waals surface area (Å²) in [7, 11) is 0. The normalized spacial score (nSPS) is 41.7. The topological polar surface area (TPSA) is 107 Å². The fourth-order valence-electron chi connectivity index (χ4n) is 1.81. The number of hydrogen-bond donors (Lipinski definition) is 4. The molecule has 6 nitrogen and oxygen atoms in total. The van der Waals surface area contributed by atoms with E-state index >= 15 is 0 Å². The Bertz CT molecular complexity index is 256. The minimum absolute atomic E-state index is 0.0981. The largest absolute Gasteiger partial charge is 0.479 e. The van der Waals surface area contributed by atoms with Crippen molar-refractivity contribution in [2.75, 3.05) is 0 Å². The lowest BCUT2D eigenvalue weighted by atomic mass is 9.87. The van der Waals surface area contributed by atoms with E-state index in [9.17, 15) is 20.1 Å². The van der Waals surface area contributed by atoms with Crippen LogP contribution in [0.2, 0.25) is 0 Å². The number of aliphatic carboxylic acids is 1. The second-order valence-electron chi connectivity index (χ2n) is 4.22. The Hall–Kier alpha value is -0.690. The maximum absolute atomic E-state index is 10.8. The molecular formula is C10H18O6. The van der Waals surface area contributed by atoms with Crippen LogP contribution in [-0.4, -0.2) is 56.9 Å². The summed E-state index contributed by atoms with van der Waals surface area (Å²) in [6.45, 7) is 3.66. The molecule has 1 saturated heterocycles. The van der Waals surface area contributed by atoms with Gasteiger partial charge in [-0.15, -0.1) is 0 Å². The smallest absolute Gasteiger partial charge is 0.335 e. The fraction of sp³-hybridized carbons (Fsp3) is 0.900. The zero-order chi connectivity index (χ0) is 12.5. The van der Waals surface area contributed by atoms with E-state index in [4.69, 9.17) is 9.84 Å². The molecule has 94 valence electrons. The number of ether oxygens (including phenoxy) is 1. The van der Waals surface area contributed by atoms with Gasteiger partial charge in [0.25, 0.3) is 0 Å². The van der Waals surface area contributed by atoms with Crippen molar-refractivity contribution < 1.29 is 30.0 Å². The fourth-order valence-corrected chi connectivity index (χ4v) is 1.81. The minimum Gasteiger partial charge on any atom is -0.479 e. The van der Waals surface area contributed by atoms with Gasteiger partial charge in [-0.05, 0) is 5.92 Å². The molecule has 0 spiro atoms. The Labute approximate surface area is 93.5 Å². The summed E-state index contributed by atoms with van der Waals surface area (Å²) < 4.78 is 5.14. The van der Waals surface area contributed by atoms with Crippen LogP contribution in [0.3, 0.4) is 0 Å². The van der Waals surface area contributed by atoms with Gasteiger partial charge in [-0.3, -0.25) is 0 Å². The molecule has 6 atom stereocenters. The Balaban J connectivity index is 2.85. The summed E-state index contributed by atoms with van der Waals surface area (Å²) in [5.41, 5.74) is 0. The summed E-state index contributed by atoms with van der Waals surface area (Å²) >= 11 is 0. The van der Waals surface area contributed by atoms with Gasteiger partial charge in [0.15, 0.2) is 6.10 Å². The predicted octanol–water partition coefficient (Wildman–Crippen LogP) is -1.03. The monoisotopic (exact) mass is 234 g/mol. The van der Waals surface area contributed by atoms with Gasteiger partial charge in [-0.2, -0.15) is 0 Å². The molecule has 0 aromatic heterocycles. The Morgan fingerprint density at radius 1 is 1.25 bits per heavy atom. The van der Waals surface area contributed by atoms with Gasteiger partial charge < -0.3 is 25.2 Å². The number of hydrogen-bond acceptors (Lipinski definition) is 5. The average molecular weight is 234 g/mol. The quantitative estimate of drug-likeness (QED) is 0.497. The van der Waals surface area contributed by atoms with Crippen LogP contribution in [0, 0.1) is 5.92 Å². The van der Waals surface area contributed by atoms with Crippen molar-refractivity contribution >= 4 is 5.97 Å². The van der Waals surface area contributed by atoms with Gasteiger partial charge in [0, 0.05) is 0 Å². The summed E-state index contributed by atoms with van der Waals surface area (Å²) in [6.07, 6.45) is -5.94. The highest BCUT2D eigenvalue weighted by molar-refractivity contribution is 5.73. The third kappa shape index (κ3) is 2.35. The van der Waals surface area contributed by atoms with Crippen LogP contribution in [0.15, 0.2) is 0 Å². The standard InChI is InChI=1S/C10H18O6/c1-3-4(2)8-6(12)5(11)7(13)9(16-8)10(14)15/h4-9,11-13H,3H2,1-2H3,(H,14,15)/t4?,5-,6-,7+,8+,9+/m1/s1. The first-order chi connectivity index (χ1) is 7.40. The molecule has 0 radical (unpaired) electrons. The molecule has 1 heterocycles. The number of carboxylic acids is 1. The number of aliphatic hydroxyl groups is 3. The van der Waals surface area contributed by atoms with Crippen LogP contribution < -0.4 is 0 Å². The molecule has 0 saturated carbocycles. The highest BCUT2D eigenvalue weighted by Crippen LogP contribution is 2.27. The Kier molecular flexibility index (Phi) is 4.26. The van der Waals surface area contributed by atoms with E-state index in [1.54, 1.807) is 6.92 Å². The maximum atomic E-state index is 10.8. The van der Waals surface area contributed by atoms with Gasteiger partial charge >= 0.3 is 5.97 Å². The van der Waals surface area contributed by atoms with Crippen LogP contribution in [0.25, 0.3) is 0 Å². The van der Waals surface area contributed by atoms with E-state index in [1.165, 1.54) is 0 Å². The molecule has 0 amide bonds. The van der Waals surface area contributed by atoms with Gasteiger partial charge in [-0.1, -0.05) is 20.3 Å².